The highest BCUT2D eigenvalue weighted by Gasteiger charge is 2.66. The van der Waals surface area contributed by atoms with Gasteiger partial charge >= 0.3 is 12.4 Å². The van der Waals surface area contributed by atoms with Crippen LogP contribution in [0.15, 0.2) is 35.4 Å². The molecular weight excluding hydrogens is 318 g/mol. The zero-order valence-corrected chi connectivity index (χ0v) is 10.6. The van der Waals surface area contributed by atoms with E-state index in [-0.39, 0.29) is 5.56 Å². The van der Waals surface area contributed by atoms with Crippen molar-refractivity contribution in [3.63, 3.8) is 0 Å². The number of alkyl halides is 6. The maximum absolute atomic E-state index is 12.9. The van der Waals surface area contributed by atoms with E-state index in [4.69, 9.17) is 0 Å². The zero-order chi connectivity index (χ0) is 16.8. The molecule has 0 saturated heterocycles. The van der Waals surface area contributed by atoms with Crippen LogP contribution in [-0.4, -0.2) is 39.8 Å². The quantitative estimate of drug-likeness (QED) is 0.807. The number of carbonyl (C=O) groups is 1. The van der Waals surface area contributed by atoms with Crippen molar-refractivity contribution in [2.45, 2.75) is 24.5 Å². The van der Waals surface area contributed by atoms with E-state index < -0.39 is 41.1 Å². The number of halogens is 6. The third kappa shape index (κ3) is 2.65. The van der Waals surface area contributed by atoms with Crippen LogP contribution < -0.4 is 0 Å². The third-order valence-corrected chi connectivity index (χ3v) is 2.98. The van der Waals surface area contributed by atoms with Gasteiger partial charge in [-0.05, 0) is 12.1 Å². The van der Waals surface area contributed by atoms with Gasteiger partial charge in [-0.25, -0.2) is 0 Å². The van der Waals surface area contributed by atoms with Gasteiger partial charge in [-0.1, -0.05) is 18.2 Å². The molecule has 0 unspecified atom stereocenters. The Morgan fingerprint density at radius 1 is 1.14 bits per heavy atom. The number of hydrogen-bond acceptors (Lipinski definition) is 3. The first kappa shape index (κ1) is 16.3. The number of benzene rings is 1. The van der Waals surface area contributed by atoms with E-state index in [1.54, 1.807) is 0 Å². The van der Waals surface area contributed by atoms with Crippen LogP contribution in [0.25, 0.3) is 0 Å². The van der Waals surface area contributed by atoms with Crippen LogP contribution in [-0.2, 0) is 0 Å². The third-order valence-electron chi connectivity index (χ3n) is 2.98. The Morgan fingerprint density at radius 3 is 2.14 bits per heavy atom. The van der Waals surface area contributed by atoms with Gasteiger partial charge in [0.1, 0.15) is 5.71 Å². The predicted octanol–water partition coefficient (Wildman–Crippen LogP) is 2.70. The molecule has 0 bridgehead atoms. The summed E-state index contributed by atoms with van der Waals surface area (Å²) in [5, 5.41) is 11.7. The van der Waals surface area contributed by atoms with Crippen molar-refractivity contribution in [3.05, 3.63) is 35.9 Å². The van der Waals surface area contributed by atoms with E-state index in [2.05, 4.69) is 5.10 Å². The van der Waals surface area contributed by atoms with Crippen LogP contribution in [0.2, 0.25) is 0 Å². The lowest BCUT2D eigenvalue weighted by atomic mass is 10.1. The Kier molecular flexibility index (Phi) is 3.68. The number of rotatable bonds is 1. The highest BCUT2D eigenvalue weighted by molar-refractivity contribution is 5.99. The molecular formula is C12H8F6N2O2. The van der Waals surface area contributed by atoms with Gasteiger partial charge in [-0.15, -0.1) is 0 Å². The second-order valence-electron chi connectivity index (χ2n) is 4.52. The zero-order valence-electron chi connectivity index (χ0n) is 10.6. The summed E-state index contributed by atoms with van der Waals surface area (Å²) in [5.41, 5.74) is -6.25. The van der Waals surface area contributed by atoms with Crippen molar-refractivity contribution in [2.24, 2.45) is 5.10 Å². The summed E-state index contributed by atoms with van der Waals surface area (Å²) in [6, 6.07) is 6.27. The summed E-state index contributed by atoms with van der Waals surface area (Å²) in [6.07, 6.45) is -12.6. The van der Waals surface area contributed by atoms with Gasteiger partial charge in [-0.3, -0.25) is 4.79 Å². The Hall–Kier alpha value is -2.10. The molecule has 1 aromatic carbocycles. The van der Waals surface area contributed by atoms with Gasteiger partial charge in [0.15, 0.2) is 0 Å². The van der Waals surface area contributed by atoms with Crippen LogP contribution >= 0.6 is 0 Å². The first-order valence-electron chi connectivity index (χ1n) is 5.80. The van der Waals surface area contributed by atoms with E-state index in [9.17, 15) is 36.2 Å². The SMILES string of the molecule is O=C(c1ccccc1)N1N=C(C(F)(F)F)C[C@@]1(O)C(F)(F)F. The minimum atomic E-state index is -5.51. The van der Waals surface area contributed by atoms with E-state index in [0.717, 1.165) is 12.1 Å². The van der Waals surface area contributed by atoms with Crippen molar-refractivity contribution in [1.82, 2.24) is 5.01 Å². The summed E-state index contributed by atoms with van der Waals surface area (Å²) in [5.74, 6) is -1.49. The molecule has 0 fully saturated rings. The predicted molar refractivity (Wildman–Crippen MR) is 61.7 cm³/mol. The highest BCUT2D eigenvalue weighted by Crippen LogP contribution is 2.43. The molecule has 0 aliphatic carbocycles. The van der Waals surface area contributed by atoms with Crippen molar-refractivity contribution in [1.29, 1.82) is 0 Å². The molecule has 1 aliphatic heterocycles. The lowest BCUT2D eigenvalue weighted by molar-refractivity contribution is -0.297. The fourth-order valence-electron chi connectivity index (χ4n) is 1.84. The molecule has 1 heterocycles. The molecule has 1 atom stereocenters. The van der Waals surface area contributed by atoms with E-state index in [1.807, 2.05) is 0 Å². The van der Waals surface area contributed by atoms with Crippen molar-refractivity contribution in [3.8, 4) is 0 Å². The molecule has 2 rings (SSSR count). The number of carbonyl (C=O) groups excluding carboxylic acids is 1. The van der Waals surface area contributed by atoms with Crippen LogP contribution in [0.1, 0.15) is 16.8 Å². The van der Waals surface area contributed by atoms with E-state index in [0.29, 0.717) is 0 Å². The average molecular weight is 326 g/mol. The molecule has 0 spiro atoms. The number of nitrogens with zero attached hydrogens (tertiary/aromatic N) is 2. The van der Waals surface area contributed by atoms with Crippen LogP contribution in [0.3, 0.4) is 0 Å². The largest absolute Gasteiger partial charge is 0.438 e. The smallest absolute Gasteiger partial charge is 0.362 e. The maximum Gasteiger partial charge on any atom is 0.438 e. The van der Waals surface area contributed by atoms with Crippen LogP contribution in [0.4, 0.5) is 26.3 Å². The molecule has 1 N–H and O–H groups in total. The molecule has 4 nitrogen and oxygen atoms in total. The topological polar surface area (TPSA) is 52.9 Å². The fourth-order valence-corrected chi connectivity index (χ4v) is 1.84. The van der Waals surface area contributed by atoms with Gasteiger partial charge in [0.05, 0.1) is 6.42 Å². The first-order chi connectivity index (χ1) is 9.97. The van der Waals surface area contributed by atoms with Gasteiger partial charge < -0.3 is 5.11 Å². The Labute approximate surface area is 119 Å². The Morgan fingerprint density at radius 2 is 1.68 bits per heavy atom. The number of hydrogen-bond donors (Lipinski definition) is 1. The van der Waals surface area contributed by atoms with Gasteiger partial charge in [0.2, 0.25) is 0 Å². The van der Waals surface area contributed by atoms with E-state index >= 15 is 0 Å². The Balaban J connectivity index is 2.48. The molecule has 1 aromatic rings. The lowest BCUT2D eigenvalue weighted by Gasteiger charge is -2.32. The van der Waals surface area contributed by atoms with Crippen LogP contribution in [0, 0.1) is 0 Å². The van der Waals surface area contributed by atoms with Gasteiger partial charge in [-0.2, -0.15) is 36.5 Å². The lowest BCUT2D eigenvalue weighted by Crippen LogP contribution is -2.56. The molecule has 1 amide bonds. The van der Waals surface area contributed by atoms with Crippen LogP contribution in [0.5, 0.6) is 0 Å². The molecule has 120 valence electrons. The molecule has 10 heteroatoms. The maximum atomic E-state index is 12.9. The molecule has 22 heavy (non-hydrogen) atoms. The van der Waals surface area contributed by atoms with Crippen molar-refractivity contribution >= 4 is 11.6 Å². The van der Waals surface area contributed by atoms with Gasteiger partial charge in [0, 0.05) is 5.56 Å². The highest BCUT2D eigenvalue weighted by atomic mass is 19.4. The second kappa shape index (κ2) is 4.97. The standard InChI is InChI=1S/C12H8F6N2O2/c13-11(14,15)8-6-10(22,12(16,17)18)20(19-8)9(21)7-4-2-1-3-5-7/h1-5,22H,6H2/t10-/m1/s1. The summed E-state index contributed by atoms with van der Waals surface area (Å²) >= 11 is 0. The number of hydrazone groups is 1. The summed E-state index contributed by atoms with van der Waals surface area (Å²) < 4.78 is 76.6. The number of aliphatic hydroxyl groups is 1. The fraction of sp³-hybridized carbons (Fsp3) is 0.333. The van der Waals surface area contributed by atoms with Gasteiger partial charge in [0.25, 0.3) is 11.6 Å². The first-order valence-corrected chi connectivity index (χ1v) is 5.80. The monoisotopic (exact) mass is 326 g/mol. The average Bonchev–Trinajstić information content (AvgIpc) is 2.78. The van der Waals surface area contributed by atoms with Crippen molar-refractivity contribution < 1.29 is 36.2 Å². The molecule has 0 radical (unpaired) electrons. The number of amides is 1. The van der Waals surface area contributed by atoms with Crippen molar-refractivity contribution in [2.75, 3.05) is 0 Å². The minimum absolute atomic E-state index is 0.336. The summed E-state index contributed by atoms with van der Waals surface area (Å²) in [7, 11) is 0. The Bertz CT molecular complexity index is 610. The molecule has 0 aromatic heterocycles. The summed E-state index contributed by atoms with van der Waals surface area (Å²) in [6.45, 7) is 0. The molecule has 0 saturated carbocycles. The van der Waals surface area contributed by atoms with E-state index in [1.165, 1.54) is 18.2 Å². The molecule has 1 aliphatic rings. The summed E-state index contributed by atoms with van der Waals surface area (Å²) in [4.78, 5) is 12.0. The minimum Gasteiger partial charge on any atom is -0.362 e. The second-order valence-corrected chi connectivity index (χ2v) is 4.52. The normalized spacial score (nSPS) is 22.7.